The first kappa shape index (κ1) is 38.4. The average Bonchev–Trinajstić information content (AvgIpc) is 3.53. The van der Waals surface area contributed by atoms with Crippen LogP contribution in [0.3, 0.4) is 0 Å². The summed E-state index contributed by atoms with van der Waals surface area (Å²) in [6.07, 6.45) is -2.92. The van der Waals surface area contributed by atoms with Crippen molar-refractivity contribution in [1.29, 1.82) is 0 Å². The van der Waals surface area contributed by atoms with Crippen molar-refractivity contribution in [3.63, 3.8) is 0 Å². The van der Waals surface area contributed by atoms with Crippen LogP contribution in [-0.4, -0.2) is 55.6 Å². The van der Waals surface area contributed by atoms with E-state index in [0.29, 0.717) is 48.4 Å². The van der Waals surface area contributed by atoms with E-state index in [1.807, 2.05) is 0 Å². The number of rotatable bonds is 6. The van der Waals surface area contributed by atoms with Gasteiger partial charge in [0.05, 0.1) is 26.8 Å². The normalized spacial score (nSPS) is 16.0. The summed E-state index contributed by atoms with van der Waals surface area (Å²) in [5.41, 5.74) is 0.240. The number of thiophene rings is 1. The number of ether oxygens (including phenoxy) is 1. The van der Waals surface area contributed by atoms with Crippen molar-refractivity contribution in [3.05, 3.63) is 123 Å². The summed E-state index contributed by atoms with van der Waals surface area (Å²) < 4.78 is 89.1. The van der Waals surface area contributed by atoms with E-state index in [1.54, 1.807) is 11.0 Å². The highest BCUT2D eigenvalue weighted by molar-refractivity contribution is 7.17. The number of carbonyl (C=O) groups excluding carboxylic acids is 3. The van der Waals surface area contributed by atoms with Crippen LogP contribution in [0.1, 0.15) is 54.5 Å². The van der Waals surface area contributed by atoms with E-state index in [2.05, 4.69) is 15.6 Å². The van der Waals surface area contributed by atoms with Crippen LogP contribution in [0.5, 0.6) is 0 Å². The monoisotopic (exact) mass is 825 g/mol. The van der Waals surface area contributed by atoms with Crippen molar-refractivity contribution in [2.45, 2.75) is 25.4 Å². The lowest BCUT2D eigenvalue weighted by Gasteiger charge is -2.53. The number of carbonyl (C=O) groups is 3. The van der Waals surface area contributed by atoms with Crippen molar-refractivity contribution in [2.24, 2.45) is 5.41 Å². The fourth-order valence-electron chi connectivity index (χ4n) is 7.38. The summed E-state index contributed by atoms with van der Waals surface area (Å²) in [6.45, 7) is 2.11. The van der Waals surface area contributed by atoms with Crippen LogP contribution in [0.2, 0.25) is 5.02 Å². The molecule has 3 amide bonds. The molecule has 0 aliphatic carbocycles. The molecule has 8 rings (SSSR count). The number of alkyl halides is 3. The Bertz CT molecular complexity index is 2410. The van der Waals surface area contributed by atoms with Gasteiger partial charge in [-0.1, -0.05) is 11.6 Å². The number of nitrogens with zero attached hydrogens (tertiary/aromatic N) is 3. The molecule has 2 aromatic heterocycles. The van der Waals surface area contributed by atoms with Crippen LogP contribution in [-0.2, 0) is 17.3 Å². The molecule has 2 N–H and O–H groups in total. The standard InChI is InChI=1S/C40H30ClF6N5O4S/c41-28-16-24(43)17-29(44)33(28)50-37(54)31-15-22-9-12-52(30-18-23(42)3-6-26(30)34(22)57-31)38(55)21-1-4-25(5-2-21)48-36(53)27-7-8-32(40(45,46)47)49-35(27)51-19-39(20-51)10-13-56-14-11-39/h1-8,15-18H,9-14,19-20H2,(H,48,53)(H,50,54). The summed E-state index contributed by atoms with van der Waals surface area (Å²) in [4.78, 5) is 48.4. The van der Waals surface area contributed by atoms with E-state index in [0.717, 1.165) is 42.4 Å². The largest absolute Gasteiger partial charge is 0.433 e. The van der Waals surface area contributed by atoms with E-state index in [1.165, 1.54) is 47.4 Å². The van der Waals surface area contributed by atoms with Gasteiger partial charge >= 0.3 is 6.18 Å². The zero-order valence-electron chi connectivity index (χ0n) is 29.6. The Morgan fingerprint density at radius 3 is 2.30 bits per heavy atom. The van der Waals surface area contributed by atoms with Gasteiger partial charge in [0.2, 0.25) is 0 Å². The summed E-state index contributed by atoms with van der Waals surface area (Å²) >= 11 is 7.01. The molecule has 1 spiro atoms. The topological polar surface area (TPSA) is 104 Å². The molecule has 9 nitrogen and oxygen atoms in total. The van der Waals surface area contributed by atoms with Crippen LogP contribution >= 0.6 is 22.9 Å². The van der Waals surface area contributed by atoms with Gasteiger partial charge in [0, 0.05) is 66.0 Å². The number of fused-ring (bicyclic) bond motifs is 3. The van der Waals surface area contributed by atoms with Gasteiger partial charge in [-0.05, 0) is 91.6 Å². The second-order valence-electron chi connectivity index (χ2n) is 14.1. The lowest BCUT2D eigenvalue weighted by Crippen LogP contribution is -2.59. The summed E-state index contributed by atoms with van der Waals surface area (Å²) in [6, 6.07) is 14.8. The number of benzene rings is 3. The Balaban J connectivity index is 1.00. The zero-order valence-corrected chi connectivity index (χ0v) is 31.2. The van der Waals surface area contributed by atoms with Crippen molar-refractivity contribution >= 4 is 63.5 Å². The number of hydrogen-bond acceptors (Lipinski definition) is 7. The van der Waals surface area contributed by atoms with Crippen LogP contribution < -0.4 is 20.4 Å². The van der Waals surface area contributed by atoms with E-state index in [9.17, 15) is 40.7 Å². The number of pyridine rings is 1. The molecule has 294 valence electrons. The molecule has 2 fully saturated rings. The smallest absolute Gasteiger partial charge is 0.381 e. The maximum Gasteiger partial charge on any atom is 0.433 e. The van der Waals surface area contributed by atoms with Gasteiger partial charge in [-0.25, -0.2) is 18.2 Å². The van der Waals surface area contributed by atoms with E-state index in [-0.39, 0.29) is 62.3 Å². The van der Waals surface area contributed by atoms with Crippen LogP contribution in [0.4, 0.5) is 49.2 Å². The molecular weight excluding hydrogens is 796 g/mol. The summed E-state index contributed by atoms with van der Waals surface area (Å²) in [5, 5.41) is 4.76. The number of aromatic nitrogens is 1. The minimum Gasteiger partial charge on any atom is -0.381 e. The molecule has 3 aromatic carbocycles. The van der Waals surface area contributed by atoms with Crippen LogP contribution in [0.25, 0.3) is 10.4 Å². The molecule has 0 bridgehead atoms. The third-order valence-corrected chi connectivity index (χ3v) is 11.8. The number of anilines is 4. The molecule has 3 aliphatic rings. The number of halogens is 7. The Kier molecular flexibility index (Phi) is 9.98. The fourth-order valence-corrected chi connectivity index (χ4v) is 8.76. The van der Waals surface area contributed by atoms with Gasteiger partial charge in [-0.3, -0.25) is 14.4 Å². The van der Waals surface area contributed by atoms with E-state index in [4.69, 9.17) is 16.3 Å². The summed E-state index contributed by atoms with van der Waals surface area (Å²) in [7, 11) is 0. The van der Waals surface area contributed by atoms with Gasteiger partial charge in [-0.2, -0.15) is 13.2 Å². The molecule has 3 aliphatic heterocycles. The van der Waals surface area contributed by atoms with E-state index < -0.39 is 47.0 Å². The predicted molar refractivity (Wildman–Crippen MR) is 203 cm³/mol. The van der Waals surface area contributed by atoms with Gasteiger partial charge in [0.1, 0.15) is 23.1 Å². The number of nitrogens with one attached hydrogen (secondary N) is 2. The first-order chi connectivity index (χ1) is 27.2. The number of amides is 3. The van der Waals surface area contributed by atoms with Gasteiger partial charge in [-0.15, -0.1) is 11.3 Å². The average molecular weight is 826 g/mol. The molecular formula is C40H30ClF6N5O4S. The Morgan fingerprint density at radius 2 is 1.60 bits per heavy atom. The molecule has 0 atom stereocenters. The maximum absolute atomic E-state index is 14.7. The third-order valence-electron chi connectivity index (χ3n) is 10.3. The SMILES string of the molecule is O=C(Nc1c(F)cc(F)cc1Cl)c1cc2c(s1)-c1ccc(F)cc1N(C(=O)c1ccc(NC(=O)c3ccc(C(F)(F)F)nc3N3CC4(CCOCC4)C3)cc1)CC2. The molecule has 0 radical (unpaired) electrons. The first-order valence-corrected chi connectivity index (χ1v) is 18.9. The third kappa shape index (κ3) is 7.56. The molecule has 5 aromatic rings. The highest BCUT2D eigenvalue weighted by atomic mass is 35.5. The van der Waals surface area contributed by atoms with Crippen molar-refractivity contribution in [2.75, 3.05) is 53.3 Å². The minimum absolute atomic E-state index is 0.0345. The Hall–Kier alpha value is -5.45. The zero-order chi connectivity index (χ0) is 40.2. The quantitative estimate of drug-likeness (QED) is 0.166. The lowest BCUT2D eigenvalue weighted by atomic mass is 9.73. The molecule has 5 heterocycles. The molecule has 0 unspecified atom stereocenters. The Morgan fingerprint density at radius 1 is 0.860 bits per heavy atom. The predicted octanol–water partition coefficient (Wildman–Crippen LogP) is 9.22. The fraction of sp³-hybridized carbons (Fsp3) is 0.250. The maximum atomic E-state index is 14.7. The van der Waals surface area contributed by atoms with Crippen LogP contribution in [0, 0.1) is 22.9 Å². The van der Waals surface area contributed by atoms with Crippen molar-refractivity contribution < 1.29 is 45.5 Å². The first-order valence-electron chi connectivity index (χ1n) is 17.7. The molecule has 2 saturated heterocycles. The van der Waals surface area contributed by atoms with E-state index >= 15 is 0 Å². The molecule has 57 heavy (non-hydrogen) atoms. The van der Waals surface area contributed by atoms with Crippen molar-refractivity contribution in [1.82, 2.24) is 4.98 Å². The Labute approximate surface area is 330 Å². The van der Waals surface area contributed by atoms with Crippen LogP contribution in [0.15, 0.2) is 72.8 Å². The van der Waals surface area contributed by atoms with Gasteiger partial charge < -0.3 is 25.2 Å². The summed E-state index contributed by atoms with van der Waals surface area (Å²) in [5.74, 6) is -4.48. The molecule has 0 saturated carbocycles. The van der Waals surface area contributed by atoms with Crippen molar-refractivity contribution in [3.8, 4) is 10.4 Å². The highest BCUT2D eigenvalue weighted by Crippen LogP contribution is 2.45. The second kappa shape index (κ2) is 14.8. The lowest BCUT2D eigenvalue weighted by molar-refractivity contribution is -0.141. The minimum atomic E-state index is -4.71. The highest BCUT2D eigenvalue weighted by Gasteiger charge is 2.46. The van der Waals surface area contributed by atoms with Gasteiger partial charge in [0.25, 0.3) is 17.7 Å². The second-order valence-corrected chi connectivity index (χ2v) is 15.6. The number of hydrogen-bond donors (Lipinski definition) is 2. The van der Waals surface area contributed by atoms with Gasteiger partial charge in [0.15, 0.2) is 5.82 Å². The molecule has 17 heteroatoms.